The van der Waals surface area contributed by atoms with Gasteiger partial charge in [-0.25, -0.2) is 13.2 Å². The third kappa shape index (κ3) is 3.02. The Morgan fingerprint density at radius 1 is 1.40 bits per heavy atom. The van der Waals surface area contributed by atoms with Gasteiger partial charge < -0.3 is 0 Å². The summed E-state index contributed by atoms with van der Waals surface area (Å²) < 4.78 is 39.3. The Balaban J connectivity index is 3.21. The molecule has 0 saturated carbocycles. The predicted octanol–water partition coefficient (Wildman–Crippen LogP) is 5.18. The Morgan fingerprint density at radius 3 is 2.40 bits per heavy atom. The summed E-state index contributed by atoms with van der Waals surface area (Å²) in [5, 5.41) is -1.59. The molecule has 1 rings (SSSR count). The first-order chi connectivity index (χ1) is 6.73. The van der Waals surface area contributed by atoms with Crippen molar-refractivity contribution in [3.05, 3.63) is 33.0 Å². The first-order valence-electron chi connectivity index (χ1n) is 3.90. The smallest absolute Gasteiger partial charge is 0.207 e. The summed E-state index contributed by atoms with van der Waals surface area (Å²) in [6.45, 7) is 0.625. The topological polar surface area (TPSA) is 0 Å². The number of halogens is 6. The van der Waals surface area contributed by atoms with Crippen LogP contribution in [0.15, 0.2) is 16.6 Å². The van der Waals surface area contributed by atoms with Gasteiger partial charge in [0, 0.05) is 17.0 Å². The average molecular weight is 322 g/mol. The number of hydrogen-bond acceptors (Lipinski definition) is 0. The Labute approximate surface area is 103 Å². The van der Waals surface area contributed by atoms with Gasteiger partial charge in [0.25, 0.3) is 5.92 Å². The normalized spacial score (nSPS) is 14.1. The number of benzene rings is 1. The van der Waals surface area contributed by atoms with Crippen molar-refractivity contribution in [2.75, 3.05) is 0 Å². The zero-order valence-electron chi connectivity index (χ0n) is 7.50. The monoisotopic (exact) mass is 320 g/mol. The van der Waals surface area contributed by atoms with Gasteiger partial charge in [0.1, 0.15) is 11.2 Å². The molecule has 84 valence electrons. The highest BCUT2D eigenvalue weighted by molar-refractivity contribution is 9.10. The second-order valence-corrected chi connectivity index (χ2v) is 4.80. The van der Waals surface area contributed by atoms with Crippen molar-refractivity contribution in [1.82, 2.24) is 0 Å². The molecule has 1 unspecified atom stereocenters. The fourth-order valence-electron chi connectivity index (χ4n) is 1.01. The van der Waals surface area contributed by atoms with Gasteiger partial charge in [0.05, 0.1) is 5.02 Å². The minimum atomic E-state index is -3.21. The van der Waals surface area contributed by atoms with Crippen molar-refractivity contribution in [2.45, 2.75) is 18.2 Å². The second kappa shape index (κ2) is 4.52. The summed E-state index contributed by atoms with van der Waals surface area (Å²) in [7, 11) is 0. The lowest BCUT2D eigenvalue weighted by atomic mass is 10.1. The Kier molecular flexibility index (Phi) is 3.95. The van der Waals surface area contributed by atoms with Gasteiger partial charge in [-0.05, 0) is 28.1 Å². The maximum atomic E-state index is 13.3. The van der Waals surface area contributed by atoms with E-state index < -0.39 is 17.1 Å². The van der Waals surface area contributed by atoms with Crippen molar-refractivity contribution in [3.8, 4) is 0 Å². The molecule has 0 aliphatic rings. The summed E-state index contributed by atoms with van der Waals surface area (Å²) >= 11 is 14.1. The molecule has 0 N–H and O–H groups in total. The van der Waals surface area contributed by atoms with Crippen molar-refractivity contribution in [1.29, 1.82) is 0 Å². The zero-order valence-corrected chi connectivity index (χ0v) is 10.6. The van der Waals surface area contributed by atoms with Crippen LogP contribution in [0.5, 0.6) is 0 Å². The molecule has 6 heteroatoms. The van der Waals surface area contributed by atoms with Gasteiger partial charge in [-0.1, -0.05) is 11.6 Å². The summed E-state index contributed by atoms with van der Waals surface area (Å²) in [6.07, 6.45) is 0. The average Bonchev–Trinajstić information content (AvgIpc) is 2.08. The predicted molar refractivity (Wildman–Crippen MR) is 58.3 cm³/mol. The largest absolute Gasteiger partial charge is 0.265 e. The van der Waals surface area contributed by atoms with Crippen molar-refractivity contribution < 1.29 is 13.2 Å². The van der Waals surface area contributed by atoms with E-state index in [0.717, 1.165) is 12.1 Å². The molecule has 0 radical (unpaired) electrons. The van der Waals surface area contributed by atoms with Crippen LogP contribution in [-0.2, 0) is 0 Å². The van der Waals surface area contributed by atoms with Crippen molar-refractivity contribution >= 4 is 39.1 Å². The fraction of sp³-hybridized carbons (Fsp3) is 0.333. The molecule has 0 spiro atoms. The van der Waals surface area contributed by atoms with E-state index in [4.69, 9.17) is 23.2 Å². The maximum Gasteiger partial charge on any atom is 0.265 e. The molecule has 0 fully saturated rings. The molecule has 0 bridgehead atoms. The van der Waals surface area contributed by atoms with Gasteiger partial charge >= 0.3 is 0 Å². The summed E-state index contributed by atoms with van der Waals surface area (Å²) in [4.78, 5) is 0. The first kappa shape index (κ1) is 13.1. The van der Waals surface area contributed by atoms with E-state index in [-0.39, 0.29) is 10.6 Å². The summed E-state index contributed by atoms with van der Waals surface area (Å²) in [5.41, 5.74) is -0.308. The minimum Gasteiger partial charge on any atom is -0.207 e. The van der Waals surface area contributed by atoms with E-state index in [1.54, 1.807) is 0 Å². The molecule has 0 aliphatic carbocycles. The van der Waals surface area contributed by atoms with Crippen LogP contribution in [0.4, 0.5) is 13.2 Å². The number of hydrogen-bond donors (Lipinski definition) is 0. The molecule has 0 nitrogen and oxygen atoms in total. The van der Waals surface area contributed by atoms with Gasteiger partial charge in [-0.2, -0.15) is 0 Å². The molecule has 1 aromatic carbocycles. The maximum absolute atomic E-state index is 13.3. The molecular formula is C9H6BrCl2F3. The Bertz CT molecular complexity index is 376. The molecule has 1 atom stereocenters. The highest BCUT2D eigenvalue weighted by atomic mass is 79.9. The van der Waals surface area contributed by atoms with Crippen LogP contribution in [0.3, 0.4) is 0 Å². The first-order valence-corrected chi connectivity index (χ1v) is 5.50. The lowest BCUT2D eigenvalue weighted by molar-refractivity contribution is 0.0160. The van der Waals surface area contributed by atoms with E-state index in [1.807, 2.05) is 0 Å². The Morgan fingerprint density at radius 2 is 1.93 bits per heavy atom. The van der Waals surface area contributed by atoms with Gasteiger partial charge in [0.2, 0.25) is 0 Å². The molecule has 0 aromatic heterocycles. The van der Waals surface area contributed by atoms with Gasteiger partial charge in [-0.15, -0.1) is 11.6 Å². The van der Waals surface area contributed by atoms with E-state index in [0.29, 0.717) is 11.4 Å². The number of alkyl halides is 3. The summed E-state index contributed by atoms with van der Waals surface area (Å²) in [6, 6.07) is 2.11. The van der Waals surface area contributed by atoms with Crippen LogP contribution in [-0.4, -0.2) is 5.92 Å². The lowest BCUT2D eigenvalue weighted by Gasteiger charge is -2.18. The molecular weight excluding hydrogens is 316 g/mol. The van der Waals surface area contributed by atoms with Gasteiger partial charge in [-0.3, -0.25) is 0 Å². The summed E-state index contributed by atoms with van der Waals surface area (Å²) in [5.74, 6) is -4.02. The molecule has 0 heterocycles. The third-order valence-electron chi connectivity index (χ3n) is 1.76. The van der Waals surface area contributed by atoms with Crippen molar-refractivity contribution in [3.63, 3.8) is 0 Å². The molecule has 15 heavy (non-hydrogen) atoms. The van der Waals surface area contributed by atoms with Crippen molar-refractivity contribution in [2.24, 2.45) is 0 Å². The third-order valence-corrected chi connectivity index (χ3v) is 3.57. The van der Waals surface area contributed by atoms with Gasteiger partial charge in [0.15, 0.2) is 0 Å². The lowest BCUT2D eigenvalue weighted by Crippen LogP contribution is -2.18. The van der Waals surface area contributed by atoms with Crippen LogP contribution in [0.2, 0.25) is 5.02 Å². The fourth-order valence-corrected chi connectivity index (χ4v) is 1.66. The van der Waals surface area contributed by atoms with E-state index in [9.17, 15) is 13.2 Å². The molecule has 0 saturated heterocycles. The van der Waals surface area contributed by atoms with Crippen LogP contribution < -0.4 is 0 Å². The molecule has 0 amide bonds. The van der Waals surface area contributed by atoms with E-state index in [2.05, 4.69) is 15.9 Å². The van der Waals surface area contributed by atoms with Crippen LogP contribution in [0.25, 0.3) is 0 Å². The highest BCUT2D eigenvalue weighted by Crippen LogP contribution is 2.39. The molecule has 1 aromatic rings. The Hall–Kier alpha value is 0.0700. The SMILES string of the molecule is CC(F)(F)C(Cl)c1cc(Cl)c(Br)cc1F. The zero-order chi connectivity index (χ0) is 11.8. The van der Waals surface area contributed by atoms with Crippen LogP contribution in [0.1, 0.15) is 17.9 Å². The minimum absolute atomic E-state index is 0.140. The standard InChI is InChI=1S/C9H6BrCl2F3/c1-9(14,15)8(12)4-2-6(11)5(10)3-7(4)13/h2-3,8H,1H3. The molecule has 0 aliphatic heterocycles. The highest BCUT2D eigenvalue weighted by Gasteiger charge is 2.35. The van der Waals surface area contributed by atoms with Crippen LogP contribution in [0, 0.1) is 5.82 Å². The number of rotatable bonds is 2. The van der Waals surface area contributed by atoms with Crippen LogP contribution >= 0.6 is 39.1 Å². The van der Waals surface area contributed by atoms with E-state index in [1.165, 1.54) is 0 Å². The van der Waals surface area contributed by atoms with E-state index >= 15 is 0 Å². The second-order valence-electron chi connectivity index (χ2n) is 3.11. The quantitative estimate of drug-likeness (QED) is 0.520.